The Hall–Kier alpha value is -0.880. The highest BCUT2D eigenvalue weighted by atomic mass is 79.9. The normalized spacial score (nSPS) is 17.2. The van der Waals surface area contributed by atoms with Gasteiger partial charge in [-0.05, 0) is 45.8 Å². The van der Waals surface area contributed by atoms with Gasteiger partial charge in [0.05, 0.1) is 3.79 Å². The Bertz CT molecular complexity index is 591. The lowest BCUT2D eigenvalue weighted by Gasteiger charge is -2.34. The van der Waals surface area contributed by atoms with Crippen LogP contribution in [0, 0.1) is 0 Å². The Morgan fingerprint density at radius 3 is 2.33 bits per heavy atom. The van der Waals surface area contributed by atoms with Gasteiger partial charge >= 0.3 is 0 Å². The second-order valence-corrected chi connectivity index (χ2v) is 8.05. The van der Waals surface area contributed by atoms with Crippen molar-refractivity contribution in [3.05, 3.63) is 50.6 Å². The largest absolute Gasteiger partial charge is 0.399 e. The second kappa shape index (κ2) is 6.92. The maximum Gasteiger partial charge on any atom is 0.0701 e. The van der Waals surface area contributed by atoms with Crippen molar-refractivity contribution >= 4 is 33.0 Å². The first-order valence-electron chi connectivity index (χ1n) is 7.22. The zero-order valence-corrected chi connectivity index (χ0v) is 14.4. The number of benzene rings is 1. The van der Waals surface area contributed by atoms with Crippen molar-refractivity contribution in [3.8, 4) is 0 Å². The number of nitrogens with zero attached hydrogens (tertiary/aromatic N) is 2. The van der Waals surface area contributed by atoms with E-state index in [0.29, 0.717) is 0 Å². The van der Waals surface area contributed by atoms with Gasteiger partial charge in [-0.2, -0.15) is 0 Å². The second-order valence-electron chi connectivity index (χ2n) is 5.50. The molecule has 0 bridgehead atoms. The summed E-state index contributed by atoms with van der Waals surface area (Å²) in [7, 11) is 0. The van der Waals surface area contributed by atoms with E-state index < -0.39 is 0 Å². The van der Waals surface area contributed by atoms with Gasteiger partial charge in [-0.3, -0.25) is 9.80 Å². The molecule has 0 saturated carbocycles. The van der Waals surface area contributed by atoms with Crippen LogP contribution >= 0.6 is 27.3 Å². The van der Waals surface area contributed by atoms with E-state index in [4.69, 9.17) is 5.73 Å². The first-order valence-corrected chi connectivity index (χ1v) is 8.83. The van der Waals surface area contributed by atoms with E-state index in [1.165, 1.54) is 14.2 Å². The topological polar surface area (TPSA) is 32.5 Å². The van der Waals surface area contributed by atoms with Crippen LogP contribution in [0.1, 0.15) is 10.4 Å². The highest BCUT2D eigenvalue weighted by Gasteiger charge is 2.17. The molecule has 112 valence electrons. The van der Waals surface area contributed by atoms with Gasteiger partial charge in [0.15, 0.2) is 0 Å². The summed E-state index contributed by atoms with van der Waals surface area (Å²) in [5, 5.41) is 0. The first-order chi connectivity index (χ1) is 10.2. The number of hydrogen-bond donors (Lipinski definition) is 1. The Labute approximate surface area is 138 Å². The number of thiophene rings is 1. The smallest absolute Gasteiger partial charge is 0.0701 e. The summed E-state index contributed by atoms with van der Waals surface area (Å²) in [5.41, 5.74) is 8.01. The van der Waals surface area contributed by atoms with Gasteiger partial charge in [0.1, 0.15) is 0 Å². The minimum atomic E-state index is 0.856. The highest BCUT2D eigenvalue weighted by molar-refractivity contribution is 9.11. The monoisotopic (exact) mass is 365 g/mol. The molecule has 3 nitrogen and oxygen atoms in total. The molecule has 21 heavy (non-hydrogen) atoms. The molecular weight excluding hydrogens is 346 g/mol. The average molecular weight is 366 g/mol. The predicted molar refractivity (Wildman–Crippen MR) is 93.4 cm³/mol. The third-order valence-electron chi connectivity index (χ3n) is 3.83. The Morgan fingerprint density at radius 2 is 1.71 bits per heavy atom. The first kappa shape index (κ1) is 15.0. The summed E-state index contributed by atoms with van der Waals surface area (Å²) in [4.78, 5) is 6.48. The van der Waals surface area contributed by atoms with Crippen molar-refractivity contribution in [3.63, 3.8) is 0 Å². The van der Waals surface area contributed by atoms with E-state index in [9.17, 15) is 0 Å². The quantitative estimate of drug-likeness (QED) is 0.842. The lowest BCUT2D eigenvalue weighted by molar-refractivity contribution is 0.123. The van der Waals surface area contributed by atoms with Crippen LogP contribution in [0.5, 0.6) is 0 Å². The Morgan fingerprint density at radius 1 is 1.00 bits per heavy atom. The Balaban J connectivity index is 1.48. The fourth-order valence-electron chi connectivity index (χ4n) is 2.71. The van der Waals surface area contributed by atoms with Crippen LogP contribution in [-0.4, -0.2) is 36.0 Å². The maximum absolute atomic E-state index is 5.84. The third-order valence-corrected chi connectivity index (χ3v) is 5.44. The lowest BCUT2D eigenvalue weighted by Crippen LogP contribution is -2.45. The molecule has 2 N–H and O–H groups in total. The van der Waals surface area contributed by atoms with E-state index in [1.54, 1.807) is 0 Å². The number of piperazine rings is 1. The molecule has 1 saturated heterocycles. The van der Waals surface area contributed by atoms with Crippen molar-refractivity contribution in [2.45, 2.75) is 13.1 Å². The number of rotatable bonds is 4. The van der Waals surface area contributed by atoms with Crippen LogP contribution in [0.15, 0.2) is 40.2 Å². The summed E-state index contributed by atoms with van der Waals surface area (Å²) in [6.07, 6.45) is 0. The number of nitrogen functional groups attached to an aromatic ring is 1. The summed E-state index contributed by atoms with van der Waals surface area (Å²) < 4.78 is 1.22. The van der Waals surface area contributed by atoms with Gasteiger partial charge in [-0.1, -0.05) is 12.1 Å². The number of nitrogens with two attached hydrogens (primary N) is 1. The standard InChI is InChI=1S/C16H20BrN3S/c17-16-5-4-15(21-16)12-20-8-6-19(7-9-20)11-13-2-1-3-14(18)10-13/h1-5,10H,6-9,11-12,18H2. The molecule has 0 aliphatic carbocycles. The van der Waals surface area contributed by atoms with Crippen LogP contribution in [0.4, 0.5) is 5.69 Å². The molecule has 2 heterocycles. The zero-order chi connectivity index (χ0) is 14.7. The fourth-order valence-corrected chi connectivity index (χ4v) is 4.24. The molecule has 5 heteroatoms. The summed E-state index contributed by atoms with van der Waals surface area (Å²) in [5.74, 6) is 0. The molecular formula is C16H20BrN3S. The molecule has 0 amide bonds. The molecule has 2 aromatic rings. The van der Waals surface area contributed by atoms with Crippen LogP contribution in [0.2, 0.25) is 0 Å². The SMILES string of the molecule is Nc1cccc(CN2CCN(Cc3ccc(Br)s3)CC2)c1. The third kappa shape index (κ3) is 4.30. The van der Waals surface area contributed by atoms with Gasteiger partial charge in [0.2, 0.25) is 0 Å². The lowest BCUT2D eigenvalue weighted by atomic mass is 10.2. The van der Waals surface area contributed by atoms with Gasteiger partial charge in [0.25, 0.3) is 0 Å². The number of hydrogen-bond acceptors (Lipinski definition) is 4. The molecule has 1 aliphatic rings. The van der Waals surface area contributed by atoms with Gasteiger partial charge in [0, 0.05) is 49.8 Å². The molecule has 0 atom stereocenters. The van der Waals surface area contributed by atoms with E-state index in [1.807, 2.05) is 23.5 Å². The van der Waals surface area contributed by atoms with Crippen LogP contribution in [-0.2, 0) is 13.1 Å². The van der Waals surface area contributed by atoms with E-state index >= 15 is 0 Å². The van der Waals surface area contributed by atoms with E-state index in [0.717, 1.165) is 45.0 Å². The van der Waals surface area contributed by atoms with Gasteiger partial charge < -0.3 is 5.73 Å². The van der Waals surface area contributed by atoms with Crippen LogP contribution < -0.4 is 5.73 Å². The van der Waals surface area contributed by atoms with Gasteiger partial charge in [-0.25, -0.2) is 0 Å². The van der Waals surface area contributed by atoms with Crippen molar-refractivity contribution in [2.75, 3.05) is 31.9 Å². The van der Waals surface area contributed by atoms with Crippen LogP contribution in [0.3, 0.4) is 0 Å². The predicted octanol–water partition coefficient (Wildman–Crippen LogP) is 3.41. The molecule has 1 aromatic heterocycles. The summed E-state index contributed by atoms with van der Waals surface area (Å²) in [6, 6.07) is 12.6. The average Bonchev–Trinajstić information content (AvgIpc) is 2.86. The maximum atomic E-state index is 5.84. The molecule has 1 aliphatic heterocycles. The molecule has 3 rings (SSSR count). The summed E-state index contributed by atoms with van der Waals surface area (Å²) >= 11 is 5.36. The molecule has 0 radical (unpaired) electrons. The fraction of sp³-hybridized carbons (Fsp3) is 0.375. The van der Waals surface area contributed by atoms with Crippen molar-refractivity contribution in [1.82, 2.24) is 9.80 Å². The zero-order valence-electron chi connectivity index (χ0n) is 12.0. The van der Waals surface area contributed by atoms with Gasteiger partial charge in [-0.15, -0.1) is 11.3 Å². The van der Waals surface area contributed by atoms with E-state index in [2.05, 4.69) is 50.0 Å². The molecule has 0 unspecified atom stereocenters. The highest BCUT2D eigenvalue weighted by Crippen LogP contribution is 2.23. The minimum absolute atomic E-state index is 0.856. The minimum Gasteiger partial charge on any atom is -0.399 e. The van der Waals surface area contributed by atoms with Crippen molar-refractivity contribution in [2.24, 2.45) is 0 Å². The van der Waals surface area contributed by atoms with Crippen LogP contribution in [0.25, 0.3) is 0 Å². The molecule has 0 spiro atoms. The molecule has 1 aromatic carbocycles. The van der Waals surface area contributed by atoms with Crippen molar-refractivity contribution < 1.29 is 0 Å². The summed E-state index contributed by atoms with van der Waals surface area (Å²) in [6.45, 7) is 6.60. The number of halogens is 1. The Kier molecular flexibility index (Phi) is 4.95. The molecule has 1 fully saturated rings. The van der Waals surface area contributed by atoms with E-state index in [-0.39, 0.29) is 0 Å². The number of anilines is 1. The van der Waals surface area contributed by atoms with Crippen molar-refractivity contribution in [1.29, 1.82) is 0 Å².